The van der Waals surface area contributed by atoms with Crippen LogP contribution in [-0.2, 0) is 6.42 Å². The van der Waals surface area contributed by atoms with Crippen molar-refractivity contribution in [3.8, 4) is 11.4 Å². The van der Waals surface area contributed by atoms with Crippen LogP contribution < -0.4 is 5.32 Å². The summed E-state index contributed by atoms with van der Waals surface area (Å²) in [5.41, 5.74) is 1.55. The molecule has 0 unspecified atom stereocenters. The Morgan fingerprint density at radius 1 is 1.07 bits per heavy atom. The number of nitrogens with zero attached hydrogens (tertiary/aromatic N) is 4. The summed E-state index contributed by atoms with van der Waals surface area (Å²) >= 11 is 5.88. The molecule has 0 bridgehead atoms. The first-order valence-corrected chi connectivity index (χ1v) is 8.84. The molecular weight excluding hydrogens is 382 g/mol. The maximum absolute atomic E-state index is 10.8. The number of fused-ring (bicyclic) bond motifs is 1. The number of anilines is 1. The lowest BCUT2D eigenvalue weighted by atomic mass is 10.2. The third kappa shape index (κ3) is 3.91. The molecular formula is C19H14ClN5O3. The molecule has 0 amide bonds. The lowest BCUT2D eigenvalue weighted by Crippen LogP contribution is -2.06. The monoisotopic (exact) mass is 395 g/mol. The second-order valence-electron chi connectivity index (χ2n) is 6.03. The van der Waals surface area contributed by atoms with E-state index in [1.54, 1.807) is 30.3 Å². The van der Waals surface area contributed by atoms with Gasteiger partial charge in [-0.25, -0.2) is 4.98 Å². The normalized spacial score (nSPS) is 10.9. The highest BCUT2D eigenvalue weighted by Gasteiger charge is 2.09. The van der Waals surface area contributed by atoms with E-state index in [1.165, 1.54) is 12.1 Å². The second-order valence-corrected chi connectivity index (χ2v) is 6.46. The molecule has 28 heavy (non-hydrogen) atoms. The van der Waals surface area contributed by atoms with Gasteiger partial charge >= 0.3 is 0 Å². The van der Waals surface area contributed by atoms with E-state index in [4.69, 9.17) is 16.1 Å². The summed E-state index contributed by atoms with van der Waals surface area (Å²) in [6.45, 7) is 0.549. The van der Waals surface area contributed by atoms with Crippen molar-refractivity contribution in [1.29, 1.82) is 0 Å². The Labute approximate surface area is 164 Å². The van der Waals surface area contributed by atoms with Crippen LogP contribution in [0.2, 0.25) is 5.02 Å². The van der Waals surface area contributed by atoms with Gasteiger partial charge in [-0.15, -0.1) is 0 Å². The van der Waals surface area contributed by atoms with Gasteiger partial charge in [-0.2, -0.15) is 4.98 Å². The molecule has 4 rings (SSSR count). The van der Waals surface area contributed by atoms with Gasteiger partial charge in [-0.05, 0) is 42.5 Å². The average Bonchev–Trinajstić information content (AvgIpc) is 3.17. The molecule has 9 heteroatoms. The summed E-state index contributed by atoms with van der Waals surface area (Å²) in [7, 11) is 0. The summed E-state index contributed by atoms with van der Waals surface area (Å²) in [5, 5.41) is 19.4. The predicted octanol–water partition coefficient (Wildman–Crippen LogP) is 4.50. The van der Waals surface area contributed by atoms with Crippen LogP contribution >= 0.6 is 11.6 Å². The number of rotatable bonds is 6. The minimum atomic E-state index is -0.422. The molecule has 2 aromatic carbocycles. The summed E-state index contributed by atoms with van der Waals surface area (Å²) in [6.07, 6.45) is 0.528. The van der Waals surface area contributed by atoms with Crippen molar-refractivity contribution in [2.45, 2.75) is 6.42 Å². The maximum Gasteiger partial charge on any atom is 0.270 e. The first-order valence-electron chi connectivity index (χ1n) is 8.46. The molecule has 1 N–H and O–H groups in total. The van der Waals surface area contributed by atoms with Crippen LogP contribution in [0.25, 0.3) is 22.3 Å². The van der Waals surface area contributed by atoms with Gasteiger partial charge in [0.25, 0.3) is 5.69 Å². The number of non-ortho nitro benzene ring substituents is 1. The molecule has 0 aliphatic carbocycles. The third-order valence-electron chi connectivity index (χ3n) is 4.10. The maximum atomic E-state index is 10.8. The number of hydrogen-bond donors (Lipinski definition) is 1. The van der Waals surface area contributed by atoms with Gasteiger partial charge in [0.05, 0.1) is 10.4 Å². The predicted molar refractivity (Wildman–Crippen MR) is 105 cm³/mol. The molecule has 0 saturated carbocycles. The average molecular weight is 396 g/mol. The van der Waals surface area contributed by atoms with E-state index >= 15 is 0 Å². The largest absolute Gasteiger partial charge is 0.370 e. The Morgan fingerprint density at radius 3 is 2.68 bits per heavy atom. The van der Waals surface area contributed by atoms with Gasteiger partial charge in [0, 0.05) is 41.1 Å². The quantitative estimate of drug-likeness (QED) is 0.378. The van der Waals surface area contributed by atoms with Gasteiger partial charge < -0.3 is 9.84 Å². The van der Waals surface area contributed by atoms with E-state index < -0.39 is 4.92 Å². The molecule has 0 spiro atoms. The van der Waals surface area contributed by atoms with Crippen molar-refractivity contribution in [3.05, 3.63) is 75.6 Å². The number of benzene rings is 2. The van der Waals surface area contributed by atoms with Gasteiger partial charge in [0.15, 0.2) is 0 Å². The second kappa shape index (κ2) is 7.61. The highest BCUT2D eigenvalue weighted by molar-refractivity contribution is 6.30. The van der Waals surface area contributed by atoms with Crippen molar-refractivity contribution in [3.63, 3.8) is 0 Å². The van der Waals surface area contributed by atoms with Crippen molar-refractivity contribution in [2.24, 2.45) is 0 Å². The Morgan fingerprint density at radius 2 is 1.89 bits per heavy atom. The van der Waals surface area contributed by atoms with Crippen molar-refractivity contribution in [2.75, 3.05) is 11.9 Å². The van der Waals surface area contributed by atoms with Crippen LogP contribution in [0.15, 0.2) is 59.1 Å². The Balaban J connectivity index is 1.39. The van der Waals surface area contributed by atoms with E-state index in [0.717, 1.165) is 5.56 Å². The van der Waals surface area contributed by atoms with Gasteiger partial charge in [-0.1, -0.05) is 16.8 Å². The number of hydrogen-bond acceptors (Lipinski definition) is 7. The van der Waals surface area contributed by atoms with Crippen LogP contribution in [0.3, 0.4) is 0 Å². The van der Waals surface area contributed by atoms with Crippen LogP contribution in [-0.4, -0.2) is 26.6 Å². The summed E-state index contributed by atoms with van der Waals surface area (Å²) in [4.78, 5) is 19.2. The minimum Gasteiger partial charge on any atom is -0.370 e. The molecule has 2 heterocycles. The topological polar surface area (TPSA) is 107 Å². The molecule has 0 fully saturated rings. The Bertz CT molecular complexity index is 1140. The number of nitrogens with one attached hydrogen (secondary N) is 1. The van der Waals surface area contributed by atoms with E-state index in [2.05, 4.69) is 20.4 Å². The molecule has 0 aliphatic heterocycles. The SMILES string of the molecule is O=[N+]([O-])c1ccc2nc(NCCc3nc(-c4ccc(Cl)cc4)no3)ccc2c1. The number of nitro groups is 1. The number of pyridine rings is 1. The van der Waals surface area contributed by atoms with Gasteiger partial charge in [-0.3, -0.25) is 10.1 Å². The van der Waals surface area contributed by atoms with Crippen molar-refractivity contribution >= 4 is 34.0 Å². The molecule has 140 valence electrons. The molecule has 0 aliphatic rings. The van der Waals surface area contributed by atoms with E-state index in [1.807, 2.05) is 12.1 Å². The third-order valence-corrected chi connectivity index (χ3v) is 4.35. The standard InChI is InChI=1S/C19H14ClN5O3/c20-14-4-1-12(2-5-14)19-23-18(28-24-19)9-10-21-17-8-3-13-11-15(25(26)27)6-7-16(13)22-17/h1-8,11H,9-10H2,(H,21,22). The van der Waals surface area contributed by atoms with E-state index in [0.29, 0.717) is 46.4 Å². The summed E-state index contributed by atoms with van der Waals surface area (Å²) in [5.74, 6) is 1.68. The zero-order chi connectivity index (χ0) is 19.5. The highest BCUT2D eigenvalue weighted by atomic mass is 35.5. The first kappa shape index (κ1) is 17.9. The smallest absolute Gasteiger partial charge is 0.270 e. The number of halogens is 1. The Hall–Kier alpha value is -3.52. The van der Waals surface area contributed by atoms with Crippen molar-refractivity contribution < 1.29 is 9.45 Å². The molecule has 0 radical (unpaired) electrons. The van der Waals surface area contributed by atoms with Crippen LogP contribution in [0.5, 0.6) is 0 Å². The molecule has 8 nitrogen and oxygen atoms in total. The van der Waals surface area contributed by atoms with Gasteiger partial charge in [0.2, 0.25) is 11.7 Å². The lowest BCUT2D eigenvalue weighted by Gasteiger charge is -2.05. The molecule has 0 atom stereocenters. The zero-order valence-electron chi connectivity index (χ0n) is 14.5. The van der Waals surface area contributed by atoms with Crippen LogP contribution in [0, 0.1) is 10.1 Å². The fourth-order valence-corrected chi connectivity index (χ4v) is 2.82. The molecule has 2 aromatic heterocycles. The minimum absolute atomic E-state index is 0.0443. The van der Waals surface area contributed by atoms with Crippen molar-refractivity contribution in [1.82, 2.24) is 15.1 Å². The molecule has 0 saturated heterocycles. The Kier molecular flexibility index (Phi) is 4.86. The fourth-order valence-electron chi connectivity index (χ4n) is 2.70. The fraction of sp³-hybridized carbons (Fsp3) is 0.105. The van der Waals surface area contributed by atoms with E-state index in [9.17, 15) is 10.1 Å². The van der Waals surface area contributed by atoms with Crippen LogP contribution in [0.1, 0.15) is 5.89 Å². The number of aromatic nitrogens is 3. The van der Waals surface area contributed by atoms with Gasteiger partial charge in [0.1, 0.15) is 5.82 Å². The number of nitro benzene ring substituents is 1. The highest BCUT2D eigenvalue weighted by Crippen LogP contribution is 2.21. The zero-order valence-corrected chi connectivity index (χ0v) is 15.3. The molecule has 4 aromatic rings. The first-order chi connectivity index (χ1) is 13.6. The summed E-state index contributed by atoms with van der Waals surface area (Å²) < 4.78 is 5.27. The van der Waals surface area contributed by atoms with E-state index in [-0.39, 0.29) is 5.69 Å². The summed E-state index contributed by atoms with van der Waals surface area (Å²) in [6, 6.07) is 15.4. The lowest BCUT2D eigenvalue weighted by molar-refractivity contribution is -0.384. The van der Waals surface area contributed by atoms with Crippen LogP contribution in [0.4, 0.5) is 11.5 Å².